The largest absolute Gasteiger partial charge is 0.461 e. The Balaban J connectivity index is 1.49. The zero-order valence-corrected chi connectivity index (χ0v) is 12.4. The van der Waals surface area contributed by atoms with Crippen LogP contribution in [0.3, 0.4) is 0 Å². The number of thioether (sulfide) groups is 1. The van der Waals surface area contributed by atoms with Crippen molar-refractivity contribution in [3.05, 3.63) is 66.8 Å². The minimum absolute atomic E-state index is 0.485. The van der Waals surface area contributed by atoms with Gasteiger partial charge in [0, 0.05) is 4.90 Å². The van der Waals surface area contributed by atoms with Crippen molar-refractivity contribution in [1.29, 1.82) is 0 Å². The average Bonchev–Trinajstić information content (AvgIpc) is 3.24. The van der Waals surface area contributed by atoms with Crippen molar-refractivity contribution in [1.82, 2.24) is 10.1 Å². The number of rotatable bonds is 4. The molecule has 0 aliphatic carbocycles. The van der Waals surface area contributed by atoms with Crippen LogP contribution >= 0.6 is 11.8 Å². The van der Waals surface area contributed by atoms with Gasteiger partial charge in [0.15, 0.2) is 5.76 Å². The summed E-state index contributed by atoms with van der Waals surface area (Å²) in [4.78, 5) is 5.52. The lowest BCUT2D eigenvalue weighted by Crippen LogP contribution is -1.82. The molecule has 2 heterocycles. The monoisotopic (exact) mass is 308 g/mol. The molecule has 4 nitrogen and oxygen atoms in total. The van der Waals surface area contributed by atoms with Crippen molar-refractivity contribution in [3.63, 3.8) is 0 Å². The molecular weight excluding hydrogens is 296 g/mol. The molecule has 0 spiro atoms. The van der Waals surface area contributed by atoms with Crippen molar-refractivity contribution in [2.24, 2.45) is 0 Å². The van der Waals surface area contributed by atoms with Crippen LogP contribution in [-0.2, 0) is 5.75 Å². The van der Waals surface area contributed by atoms with E-state index in [1.807, 2.05) is 18.2 Å². The molecule has 22 heavy (non-hydrogen) atoms. The minimum atomic E-state index is 0.485. The molecule has 4 aromatic rings. The lowest BCUT2D eigenvalue weighted by molar-refractivity contribution is 0.390. The van der Waals surface area contributed by atoms with Gasteiger partial charge in [-0.1, -0.05) is 35.5 Å². The maximum absolute atomic E-state index is 5.26. The third kappa shape index (κ3) is 2.63. The summed E-state index contributed by atoms with van der Waals surface area (Å²) in [6.07, 6.45) is 1.59. The Bertz CT molecular complexity index is 900. The van der Waals surface area contributed by atoms with E-state index >= 15 is 0 Å². The summed E-state index contributed by atoms with van der Waals surface area (Å²) in [6.45, 7) is 0. The van der Waals surface area contributed by atoms with E-state index in [2.05, 4.69) is 40.5 Å². The molecule has 0 unspecified atom stereocenters. The van der Waals surface area contributed by atoms with Gasteiger partial charge in [0.2, 0.25) is 11.7 Å². The Labute approximate surface area is 131 Å². The van der Waals surface area contributed by atoms with Gasteiger partial charge < -0.3 is 8.94 Å². The molecule has 0 saturated heterocycles. The average molecular weight is 308 g/mol. The fraction of sp³-hybridized carbons (Fsp3) is 0.0588. The summed E-state index contributed by atoms with van der Waals surface area (Å²) in [5.74, 6) is 2.32. The number of nitrogens with zero attached hydrogens (tertiary/aromatic N) is 2. The number of furan rings is 1. The SMILES string of the molecule is c1coc(-c2noc(CSc3ccc4ccccc4c3)n2)c1. The zero-order valence-electron chi connectivity index (χ0n) is 11.6. The molecule has 2 aromatic carbocycles. The van der Waals surface area contributed by atoms with Gasteiger partial charge in [0.25, 0.3) is 0 Å². The highest BCUT2D eigenvalue weighted by molar-refractivity contribution is 7.98. The van der Waals surface area contributed by atoms with E-state index in [0.717, 1.165) is 0 Å². The molecule has 0 radical (unpaired) electrons. The second-order valence-corrected chi connectivity index (χ2v) is 5.84. The van der Waals surface area contributed by atoms with Crippen LogP contribution in [0.15, 0.2) is 74.7 Å². The number of aromatic nitrogens is 2. The van der Waals surface area contributed by atoms with E-state index in [1.54, 1.807) is 24.1 Å². The maximum Gasteiger partial charge on any atom is 0.238 e. The molecule has 2 aromatic heterocycles. The maximum atomic E-state index is 5.26. The van der Waals surface area contributed by atoms with Crippen molar-refractivity contribution < 1.29 is 8.94 Å². The van der Waals surface area contributed by atoms with Crippen molar-refractivity contribution in [2.45, 2.75) is 10.6 Å². The van der Waals surface area contributed by atoms with Gasteiger partial charge in [0.1, 0.15) is 0 Å². The van der Waals surface area contributed by atoms with Crippen LogP contribution in [0.2, 0.25) is 0 Å². The highest BCUT2D eigenvalue weighted by atomic mass is 32.2. The number of fused-ring (bicyclic) bond motifs is 1. The van der Waals surface area contributed by atoms with Crippen LogP contribution in [0.25, 0.3) is 22.4 Å². The van der Waals surface area contributed by atoms with E-state index in [4.69, 9.17) is 8.94 Å². The van der Waals surface area contributed by atoms with Crippen LogP contribution in [-0.4, -0.2) is 10.1 Å². The summed E-state index contributed by atoms with van der Waals surface area (Å²) < 4.78 is 10.5. The van der Waals surface area contributed by atoms with Gasteiger partial charge in [-0.2, -0.15) is 4.98 Å². The summed E-state index contributed by atoms with van der Waals surface area (Å²) in [6, 6.07) is 18.3. The summed E-state index contributed by atoms with van der Waals surface area (Å²) in [5.41, 5.74) is 0. The Kier molecular flexibility index (Phi) is 3.40. The quantitative estimate of drug-likeness (QED) is 0.508. The van der Waals surface area contributed by atoms with E-state index in [9.17, 15) is 0 Å². The molecular formula is C17H12N2O2S. The van der Waals surface area contributed by atoms with E-state index in [-0.39, 0.29) is 0 Å². The van der Waals surface area contributed by atoms with Crippen molar-refractivity contribution in [3.8, 4) is 11.6 Å². The third-order valence-electron chi connectivity index (χ3n) is 3.29. The van der Waals surface area contributed by atoms with Gasteiger partial charge >= 0.3 is 0 Å². The highest BCUT2D eigenvalue weighted by Gasteiger charge is 2.11. The predicted octanol–water partition coefficient (Wildman–Crippen LogP) is 4.78. The van der Waals surface area contributed by atoms with Crippen LogP contribution < -0.4 is 0 Å². The molecule has 0 bridgehead atoms. The van der Waals surface area contributed by atoms with Crippen LogP contribution in [0, 0.1) is 0 Å². The number of hydrogen-bond donors (Lipinski definition) is 0. The van der Waals surface area contributed by atoms with E-state index in [1.165, 1.54) is 15.7 Å². The molecule has 0 aliphatic rings. The topological polar surface area (TPSA) is 52.1 Å². The summed E-state index contributed by atoms with van der Waals surface area (Å²) >= 11 is 1.67. The second kappa shape index (κ2) is 5.69. The van der Waals surface area contributed by atoms with Crippen LogP contribution in [0.5, 0.6) is 0 Å². The Morgan fingerprint density at radius 3 is 2.73 bits per heavy atom. The fourth-order valence-corrected chi connectivity index (χ4v) is 3.00. The number of benzene rings is 2. The lowest BCUT2D eigenvalue weighted by Gasteiger charge is -2.01. The van der Waals surface area contributed by atoms with Gasteiger partial charge in [-0.3, -0.25) is 0 Å². The first kappa shape index (κ1) is 13.2. The smallest absolute Gasteiger partial charge is 0.238 e. The van der Waals surface area contributed by atoms with Gasteiger partial charge in [-0.25, -0.2) is 0 Å². The van der Waals surface area contributed by atoms with E-state index in [0.29, 0.717) is 23.2 Å². The normalized spacial score (nSPS) is 11.1. The molecule has 5 heteroatoms. The van der Waals surface area contributed by atoms with Crippen molar-refractivity contribution >= 4 is 22.5 Å². The molecule has 0 amide bonds. The minimum Gasteiger partial charge on any atom is -0.461 e. The van der Waals surface area contributed by atoms with Crippen molar-refractivity contribution in [2.75, 3.05) is 0 Å². The molecule has 108 valence electrons. The Hall–Kier alpha value is -2.53. The van der Waals surface area contributed by atoms with Crippen LogP contribution in [0.4, 0.5) is 0 Å². The fourth-order valence-electron chi connectivity index (χ4n) is 2.22. The first-order valence-electron chi connectivity index (χ1n) is 6.86. The predicted molar refractivity (Wildman–Crippen MR) is 85.5 cm³/mol. The van der Waals surface area contributed by atoms with Crippen LogP contribution in [0.1, 0.15) is 5.89 Å². The number of hydrogen-bond acceptors (Lipinski definition) is 5. The molecule has 4 rings (SSSR count). The molecule has 0 aliphatic heterocycles. The standard InChI is InChI=1S/C17H12N2O2S/c1-2-5-13-10-14(8-7-12(13)4-1)22-11-16-18-17(19-21-16)15-6-3-9-20-15/h1-10H,11H2. The summed E-state index contributed by atoms with van der Waals surface area (Å²) in [5, 5.41) is 6.40. The highest BCUT2D eigenvalue weighted by Crippen LogP contribution is 2.26. The van der Waals surface area contributed by atoms with E-state index < -0.39 is 0 Å². The second-order valence-electron chi connectivity index (χ2n) is 4.79. The zero-order chi connectivity index (χ0) is 14.8. The third-order valence-corrected chi connectivity index (χ3v) is 4.27. The molecule has 0 atom stereocenters. The molecule has 0 saturated carbocycles. The van der Waals surface area contributed by atoms with Gasteiger partial charge in [-0.05, 0) is 35.0 Å². The Morgan fingerprint density at radius 1 is 0.955 bits per heavy atom. The first-order chi connectivity index (χ1) is 10.9. The Morgan fingerprint density at radius 2 is 1.86 bits per heavy atom. The molecule has 0 fully saturated rings. The molecule has 0 N–H and O–H groups in total. The lowest BCUT2D eigenvalue weighted by atomic mass is 10.1. The first-order valence-corrected chi connectivity index (χ1v) is 7.85. The summed E-state index contributed by atoms with van der Waals surface area (Å²) in [7, 11) is 0. The van der Waals surface area contributed by atoms with Gasteiger partial charge in [0.05, 0.1) is 12.0 Å². The van der Waals surface area contributed by atoms with Gasteiger partial charge in [-0.15, -0.1) is 11.8 Å².